The van der Waals surface area contributed by atoms with Crippen LogP contribution in [0.1, 0.15) is 26.7 Å². The van der Waals surface area contributed by atoms with Crippen molar-refractivity contribution in [1.82, 2.24) is 5.32 Å². The van der Waals surface area contributed by atoms with E-state index in [4.69, 9.17) is 5.73 Å². The molecule has 1 atom stereocenters. The fraction of sp³-hybridized carbons (Fsp3) is 1.00. The molecule has 0 aliphatic heterocycles. The summed E-state index contributed by atoms with van der Waals surface area (Å²) in [4.78, 5) is 0. The maximum atomic E-state index is 5.32. The molecule has 0 radical (unpaired) electrons. The van der Waals surface area contributed by atoms with Gasteiger partial charge < -0.3 is 11.1 Å². The summed E-state index contributed by atoms with van der Waals surface area (Å²) < 4.78 is 0. The minimum Gasteiger partial charge on any atom is -0.329 e. The van der Waals surface area contributed by atoms with E-state index < -0.39 is 0 Å². The SMILES string of the molecule is CCC(C)CCNCCN. The highest BCUT2D eigenvalue weighted by Gasteiger charge is 1.95. The maximum absolute atomic E-state index is 5.32. The predicted molar refractivity (Wildman–Crippen MR) is 46.0 cm³/mol. The molecule has 1 unspecified atom stereocenters. The molecule has 0 bridgehead atoms. The van der Waals surface area contributed by atoms with E-state index in [1.807, 2.05) is 0 Å². The van der Waals surface area contributed by atoms with Crippen molar-refractivity contribution in [3.63, 3.8) is 0 Å². The molecule has 2 nitrogen and oxygen atoms in total. The average molecular weight is 144 g/mol. The van der Waals surface area contributed by atoms with Crippen molar-refractivity contribution in [2.24, 2.45) is 11.7 Å². The number of rotatable bonds is 6. The Balaban J connectivity index is 2.89. The van der Waals surface area contributed by atoms with Gasteiger partial charge in [-0.05, 0) is 18.9 Å². The first-order valence-electron chi connectivity index (χ1n) is 4.22. The molecule has 0 amide bonds. The molecule has 0 fully saturated rings. The lowest BCUT2D eigenvalue weighted by Gasteiger charge is -2.07. The van der Waals surface area contributed by atoms with Gasteiger partial charge in [-0.1, -0.05) is 20.3 Å². The zero-order valence-corrected chi connectivity index (χ0v) is 7.19. The van der Waals surface area contributed by atoms with Crippen LogP contribution in [-0.4, -0.2) is 19.6 Å². The second kappa shape index (κ2) is 7.03. The molecular formula is C8H20N2. The lowest BCUT2D eigenvalue weighted by molar-refractivity contribution is 0.490. The van der Waals surface area contributed by atoms with Gasteiger partial charge in [0.2, 0.25) is 0 Å². The summed E-state index contributed by atoms with van der Waals surface area (Å²) in [6.07, 6.45) is 2.56. The van der Waals surface area contributed by atoms with Crippen LogP contribution in [0, 0.1) is 5.92 Å². The molecule has 10 heavy (non-hydrogen) atoms. The topological polar surface area (TPSA) is 38.0 Å². The average Bonchev–Trinajstić information content (AvgIpc) is 1.98. The highest BCUT2D eigenvalue weighted by molar-refractivity contribution is 4.53. The van der Waals surface area contributed by atoms with Crippen LogP contribution in [0.5, 0.6) is 0 Å². The lowest BCUT2D eigenvalue weighted by Crippen LogP contribution is -2.24. The molecular weight excluding hydrogens is 124 g/mol. The predicted octanol–water partition coefficient (Wildman–Crippen LogP) is 0.971. The smallest absolute Gasteiger partial charge is 0.00745 e. The molecule has 0 rings (SSSR count). The second-order valence-electron chi connectivity index (χ2n) is 2.84. The van der Waals surface area contributed by atoms with E-state index in [2.05, 4.69) is 19.2 Å². The first-order valence-corrected chi connectivity index (χ1v) is 4.22. The summed E-state index contributed by atoms with van der Waals surface area (Å²) in [6.45, 7) is 7.33. The lowest BCUT2D eigenvalue weighted by atomic mass is 10.1. The number of hydrogen-bond donors (Lipinski definition) is 2. The van der Waals surface area contributed by atoms with Gasteiger partial charge in [0.25, 0.3) is 0 Å². The van der Waals surface area contributed by atoms with Gasteiger partial charge in [0.15, 0.2) is 0 Å². The molecule has 0 aromatic carbocycles. The fourth-order valence-electron chi connectivity index (χ4n) is 0.780. The summed E-state index contributed by atoms with van der Waals surface area (Å²) in [7, 11) is 0. The van der Waals surface area contributed by atoms with Crippen molar-refractivity contribution in [3.05, 3.63) is 0 Å². The second-order valence-corrected chi connectivity index (χ2v) is 2.84. The first kappa shape index (κ1) is 9.92. The van der Waals surface area contributed by atoms with Gasteiger partial charge >= 0.3 is 0 Å². The largest absolute Gasteiger partial charge is 0.329 e. The monoisotopic (exact) mass is 144 g/mol. The maximum Gasteiger partial charge on any atom is 0.00745 e. The molecule has 0 spiro atoms. The third-order valence-electron chi connectivity index (χ3n) is 1.83. The van der Waals surface area contributed by atoms with Crippen LogP contribution in [-0.2, 0) is 0 Å². The quantitative estimate of drug-likeness (QED) is 0.545. The van der Waals surface area contributed by atoms with E-state index in [0.717, 1.165) is 25.6 Å². The summed E-state index contributed by atoms with van der Waals surface area (Å²) in [6, 6.07) is 0. The van der Waals surface area contributed by atoms with Crippen LogP contribution in [0.25, 0.3) is 0 Å². The Hall–Kier alpha value is -0.0800. The van der Waals surface area contributed by atoms with Crippen LogP contribution in [0.2, 0.25) is 0 Å². The number of nitrogens with one attached hydrogen (secondary N) is 1. The molecule has 0 aromatic heterocycles. The highest BCUT2D eigenvalue weighted by atomic mass is 14.9. The summed E-state index contributed by atoms with van der Waals surface area (Å²) in [5, 5.41) is 3.28. The minimum absolute atomic E-state index is 0.751. The standard InChI is InChI=1S/C8H20N2/c1-3-8(2)4-6-10-7-5-9/h8,10H,3-7,9H2,1-2H3. The van der Waals surface area contributed by atoms with E-state index in [0.29, 0.717) is 0 Å². The van der Waals surface area contributed by atoms with Gasteiger partial charge in [-0.25, -0.2) is 0 Å². The van der Waals surface area contributed by atoms with E-state index in [1.54, 1.807) is 0 Å². The van der Waals surface area contributed by atoms with Gasteiger partial charge in [-0.15, -0.1) is 0 Å². The van der Waals surface area contributed by atoms with Gasteiger partial charge in [-0.3, -0.25) is 0 Å². The van der Waals surface area contributed by atoms with Gasteiger partial charge in [0, 0.05) is 13.1 Å². The minimum atomic E-state index is 0.751. The van der Waals surface area contributed by atoms with E-state index in [-0.39, 0.29) is 0 Å². The van der Waals surface area contributed by atoms with E-state index in [9.17, 15) is 0 Å². The van der Waals surface area contributed by atoms with Crippen molar-refractivity contribution >= 4 is 0 Å². The molecule has 2 heteroatoms. The van der Waals surface area contributed by atoms with Crippen LogP contribution in [0.15, 0.2) is 0 Å². The van der Waals surface area contributed by atoms with E-state index >= 15 is 0 Å². The summed E-state index contributed by atoms with van der Waals surface area (Å²) in [5.41, 5.74) is 5.32. The molecule has 0 saturated carbocycles. The van der Waals surface area contributed by atoms with Crippen LogP contribution < -0.4 is 11.1 Å². The first-order chi connectivity index (χ1) is 4.81. The number of nitrogens with two attached hydrogens (primary N) is 1. The van der Waals surface area contributed by atoms with Crippen molar-refractivity contribution in [2.75, 3.05) is 19.6 Å². The molecule has 0 saturated heterocycles. The third kappa shape index (κ3) is 6.05. The van der Waals surface area contributed by atoms with E-state index in [1.165, 1.54) is 12.8 Å². The van der Waals surface area contributed by atoms with Gasteiger partial charge in [0.1, 0.15) is 0 Å². The summed E-state index contributed by atoms with van der Waals surface area (Å²) >= 11 is 0. The van der Waals surface area contributed by atoms with Crippen molar-refractivity contribution in [3.8, 4) is 0 Å². The third-order valence-corrected chi connectivity index (χ3v) is 1.83. The van der Waals surface area contributed by atoms with Gasteiger partial charge in [-0.2, -0.15) is 0 Å². The Morgan fingerprint density at radius 3 is 2.60 bits per heavy atom. The Morgan fingerprint density at radius 2 is 2.10 bits per heavy atom. The van der Waals surface area contributed by atoms with Crippen LogP contribution >= 0.6 is 0 Å². The summed E-state index contributed by atoms with van der Waals surface area (Å²) in [5.74, 6) is 0.852. The molecule has 0 heterocycles. The molecule has 3 N–H and O–H groups in total. The number of hydrogen-bond acceptors (Lipinski definition) is 2. The van der Waals surface area contributed by atoms with Crippen molar-refractivity contribution in [2.45, 2.75) is 26.7 Å². The normalized spacial score (nSPS) is 13.5. The zero-order valence-electron chi connectivity index (χ0n) is 7.19. The molecule has 0 aromatic rings. The molecule has 0 aliphatic carbocycles. The highest BCUT2D eigenvalue weighted by Crippen LogP contribution is 2.03. The molecule has 62 valence electrons. The zero-order chi connectivity index (χ0) is 7.82. The Kier molecular flexibility index (Phi) is 6.98. The van der Waals surface area contributed by atoms with Crippen LogP contribution in [0.3, 0.4) is 0 Å². The van der Waals surface area contributed by atoms with Crippen molar-refractivity contribution in [1.29, 1.82) is 0 Å². The Labute approximate surface area is 64.2 Å². The van der Waals surface area contributed by atoms with Crippen molar-refractivity contribution < 1.29 is 0 Å². The fourth-order valence-corrected chi connectivity index (χ4v) is 0.780. The Bertz CT molecular complexity index is 64.3. The Morgan fingerprint density at radius 1 is 1.40 bits per heavy atom. The van der Waals surface area contributed by atoms with Gasteiger partial charge in [0.05, 0.1) is 0 Å². The molecule has 0 aliphatic rings. The van der Waals surface area contributed by atoms with Crippen LogP contribution in [0.4, 0.5) is 0 Å².